The molecule has 0 amide bonds. The van der Waals surface area contributed by atoms with E-state index in [1.807, 2.05) is 30.3 Å². The first-order chi connectivity index (χ1) is 13.3. The van der Waals surface area contributed by atoms with Gasteiger partial charge in [0.15, 0.2) is 0 Å². The molecule has 0 spiro atoms. The number of benzene rings is 2. The van der Waals surface area contributed by atoms with Crippen LogP contribution in [0.1, 0.15) is 11.1 Å². The lowest BCUT2D eigenvalue weighted by molar-refractivity contribution is 0.366. The summed E-state index contributed by atoms with van der Waals surface area (Å²) in [5, 5.41) is 11.6. The van der Waals surface area contributed by atoms with Gasteiger partial charge in [0.25, 0.3) is 0 Å². The van der Waals surface area contributed by atoms with Crippen LogP contribution in [0.25, 0.3) is 22.6 Å². The number of H-pyrrole nitrogens is 1. The summed E-state index contributed by atoms with van der Waals surface area (Å²) in [7, 11) is 0. The molecule has 7 heteroatoms. The Labute approximate surface area is 154 Å². The molecule has 0 atom stereocenters. The van der Waals surface area contributed by atoms with Gasteiger partial charge in [-0.1, -0.05) is 18.2 Å². The predicted octanol–water partition coefficient (Wildman–Crippen LogP) is 3.61. The van der Waals surface area contributed by atoms with Crippen LogP contribution in [0.5, 0.6) is 5.75 Å². The van der Waals surface area contributed by atoms with Crippen LogP contribution < -0.4 is 15.8 Å². The molecule has 0 bridgehead atoms. The number of anilines is 3. The van der Waals surface area contributed by atoms with E-state index in [2.05, 4.69) is 37.6 Å². The fourth-order valence-corrected chi connectivity index (χ4v) is 3.25. The second-order valence-corrected chi connectivity index (χ2v) is 6.28. The zero-order valence-corrected chi connectivity index (χ0v) is 14.3. The molecule has 0 saturated carbocycles. The largest absolute Gasteiger partial charge is 0.488 e. The SMILES string of the molecule is Nc1nccc(Nc2cc(C3=Cc4ccccc4OC3)c3[nH]ncc3c2)n1. The van der Waals surface area contributed by atoms with Gasteiger partial charge in [-0.15, -0.1) is 0 Å². The third kappa shape index (κ3) is 2.85. The second-order valence-electron chi connectivity index (χ2n) is 6.28. The van der Waals surface area contributed by atoms with Crippen molar-refractivity contribution in [2.45, 2.75) is 0 Å². The van der Waals surface area contributed by atoms with E-state index in [9.17, 15) is 0 Å². The van der Waals surface area contributed by atoms with Gasteiger partial charge in [0.2, 0.25) is 5.95 Å². The number of aromatic nitrogens is 4. The van der Waals surface area contributed by atoms with Gasteiger partial charge in [-0.05, 0) is 35.9 Å². The van der Waals surface area contributed by atoms with Gasteiger partial charge in [0.1, 0.15) is 18.2 Å². The van der Waals surface area contributed by atoms with Gasteiger partial charge >= 0.3 is 0 Å². The molecule has 1 aliphatic rings. The van der Waals surface area contributed by atoms with Crippen LogP contribution in [0, 0.1) is 0 Å². The highest BCUT2D eigenvalue weighted by molar-refractivity contribution is 5.99. The van der Waals surface area contributed by atoms with Crippen molar-refractivity contribution < 1.29 is 4.74 Å². The van der Waals surface area contributed by atoms with Gasteiger partial charge in [0, 0.05) is 28.4 Å². The Morgan fingerprint density at radius 1 is 1.15 bits per heavy atom. The van der Waals surface area contributed by atoms with E-state index in [-0.39, 0.29) is 5.95 Å². The van der Waals surface area contributed by atoms with Crippen LogP contribution in [-0.2, 0) is 0 Å². The molecule has 2 aromatic heterocycles. The summed E-state index contributed by atoms with van der Waals surface area (Å²) in [5.41, 5.74) is 10.7. The van der Waals surface area contributed by atoms with Crippen LogP contribution in [0.15, 0.2) is 54.9 Å². The molecule has 4 aromatic rings. The normalized spacial score (nSPS) is 13.0. The van der Waals surface area contributed by atoms with Crippen LogP contribution in [-0.4, -0.2) is 26.8 Å². The summed E-state index contributed by atoms with van der Waals surface area (Å²) < 4.78 is 5.93. The standard InChI is InChI=1S/C20H16N6O/c21-20-22-6-5-18(25-20)24-15-8-13-10-23-26-19(13)16(9-15)14-7-12-3-1-2-4-17(12)27-11-14/h1-10H,11H2,(H,23,26)(H3,21,22,24,25). The van der Waals surface area contributed by atoms with Gasteiger partial charge < -0.3 is 15.8 Å². The molecule has 0 saturated heterocycles. The number of hydrogen-bond acceptors (Lipinski definition) is 6. The zero-order chi connectivity index (χ0) is 18.2. The van der Waals surface area contributed by atoms with E-state index in [0.717, 1.165) is 39.0 Å². The van der Waals surface area contributed by atoms with Gasteiger partial charge in [-0.25, -0.2) is 4.98 Å². The van der Waals surface area contributed by atoms with Crippen molar-refractivity contribution in [2.75, 3.05) is 17.7 Å². The van der Waals surface area contributed by atoms with E-state index in [0.29, 0.717) is 12.4 Å². The average molecular weight is 356 g/mol. The third-order valence-electron chi connectivity index (χ3n) is 4.47. The maximum absolute atomic E-state index is 5.93. The Morgan fingerprint density at radius 3 is 3.00 bits per heavy atom. The van der Waals surface area contributed by atoms with Crippen molar-refractivity contribution in [3.63, 3.8) is 0 Å². The van der Waals surface area contributed by atoms with E-state index < -0.39 is 0 Å². The highest BCUT2D eigenvalue weighted by Gasteiger charge is 2.16. The molecule has 27 heavy (non-hydrogen) atoms. The molecule has 2 aromatic carbocycles. The van der Waals surface area contributed by atoms with Gasteiger partial charge in [-0.2, -0.15) is 10.1 Å². The lowest BCUT2D eigenvalue weighted by atomic mass is 9.98. The zero-order valence-electron chi connectivity index (χ0n) is 14.3. The molecule has 5 rings (SSSR count). The molecule has 4 N–H and O–H groups in total. The number of rotatable bonds is 3. The molecule has 0 fully saturated rings. The van der Waals surface area contributed by atoms with Crippen molar-refractivity contribution in [3.8, 4) is 5.75 Å². The number of aromatic amines is 1. The van der Waals surface area contributed by atoms with E-state index in [4.69, 9.17) is 10.5 Å². The molecular formula is C20H16N6O. The molecule has 3 heterocycles. The number of nitrogen functional groups attached to an aromatic ring is 1. The van der Waals surface area contributed by atoms with Crippen LogP contribution in [0.3, 0.4) is 0 Å². The Balaban J connectivity index is 1.60. The van der Waals surface area contributed by atoms with Crippen molar-refractivity contribution in [1.82, 2.24) is 20.2 Å². The highest BCUT2D eigenvalue weighted by atomic mass is 16.5. The van der Waals surface area contributed by atoms with Crippen molar-refractivity contribution in [3.05, 3.63) is 66.0 Å². The quantitative estimate of drug-likeness (QED) is 0.518. The third-order valence-corrected chi connectivity index (χ3v) is 4.47. The average Bonchev–Trinajstić information content (AvgIpc) is 3.15. The van der Waals surface area contributed by atoms with Crippen LogP contribution in [0.2, 0.25) is 0 Å². The summed E-state index contributed by atoms with van der Waals surface area (Å²) in [4.78, 5) is 8.12. The lowest BCUT2D eigenvalue weighted by Gasteiger charge is -2.19. The Morgan fingerprint density at radius 2 is 2.07 bits per heavy atom. The lowest BCUT2D eigenvalue weighted by Crippen LogP contribution is -2.07. The predicted molar refractivity (Wildman–Crippen MR) is 106 cm³/mol. The Kier molecular flexibility index (Phi) is 3.50. The molecule has 0 radical (unpaired) electrons. The second kappa shape index (κ2) is 6.14. The number of nitrogens with zero attached hydrogens (tertiary/aromatic N) is 3. The fourth-order valence-electron chi connectivity index (χ4n) is 3.25. The first-order valence-electron chi connectivity index (χ1n) is 8.52. The van der Waals surface area contributed by atoms with Crippen LogP contribution in [0.4, 0.5) is 17.5 Å². The summed E-state index contributed by atoms with van der Waals surface area (Å²) in [6.07, 6.45) is 5.58. The Bertz CT molecular complexity index is 1180. The highest BCUT2D eigenvalue weighted by Crippen LogP contribution is 2.34. The molecule has 7 nitrogen and oxygen atoms in total. The van der Waals surface area contributed by atoms with Crippen molar-refractivity contribution >= 4 is 40.0 Å². The smallest absolute Gasteiger partial charge is 0.221 e. The number of para-hydroxylation sites is 1. The van der Waals surface area contributed by atoms with Gasteiger partial charge in [0.05, 0.1) is 11.7 Å². The number of hydrogen-bond donors (Lipinski definition) is 3. The van der Waals surface area contributed by atoms with E-state index >= 15 is 0 Å². The Hall–Kier alpha value is -3.87. The number of nitrogens with two attached hydrogens (primary N) is 1. The minimum absolute atomic E-state index is 0.226. The maximum Gasteiger partial charge on any atom is 0.221 e. The summed E-state index contributed by atoms with van der Waals surface area (Å²) in [6.45, 7) is 0.495. The summed E-state index contributed by atoms with van der Waals surface area (Å²) >= 11 is 0. The maximum atomic E-state index is 5.93. The summed E-state index contributed by atoms with van der Waals surface area (Å²) in [5.74, 6) is 1.76. The minimum Gasteiger partial charge on any atom is -0.488 e. The number of nitrogens with one attached hydrogen (secondary N) is 2. The van der Waals surface area contributed by atoms with E-state index in [1.165, 1.54) is 0 Å². The minimum atomic E-state index is 0.226. The topological polar surface area (TPSA) is 102 Å². The molecule has 132 valence electrons. The molecular weight excluding hydrogens is 340 g/mol. The summed E-state index contributed by atoms with van der Waals surface area (Å²) in [6, 6.07) is 13.8. The number of fused-ring (bicyclic) bond motifs is 2. The first-order valence-corrected chi connectivity index (χ1v) is 8.52. The monoisotopic (exact) mass is 356 g/mol. The first kappa shape index (κ1) is 15.4. The molecule has 0 aliphatic carbocycles. The molecule has 0 unspecified atom stereocenters. The molecule has 1 aliphatic heterocycles. The van der Waals surface area contributed by atoms with E-state index in [1.54, 1.807) is 18.5 Å². The van der Waals surface area contributed by atoms with Crippen LogP contribution >= 0.6 is 0 Å². The van der Waals surface area contributed by atoms with Crippen molar-refractivity contribution in [2.24, 2.45) is 0 Å². The number of ether oxygens (including phenoxy) is 1. The fraction of sp³-hybridized carbons (Fsp3) is 0.0500. The van der Waals surface area contributed by atoms with Crippen molar-refractivity contribution in [1.29, 1.82) is 0 Å². The van der Waals surface area contributed by atoms with Gasteiger partial charge in [-0.3, -0.25) is 5.10 Å².